The van der Waals surface area contributed by atoms with E-state index in [1.165, 1.54) is 7.11 Å². The van der Waals surface area contributed by atoms with Crippen molar-refractivity contribution in [3.8, 4) is 0 Å². The second kappa shape index (κ2) is 18.9. The van der Waals surface area contributed by atoms with E-state index in [2.05, 4.69) is 36.1 Å². The van der Waals surface area contributed by atoms with E-state index in [4.69, 9.17) is 9.84 Å². The molecule has 0 aromatic heterocycles. The van der Waals surface area contributed by atoms with Gasteiger partial charge in [-0.15, -0.1) is 0 Å². The average molecular weight is 372 g/mol. The molecule has 1 N–H and O–H groups in total. The zero-order valence-corrected chi connectivity index (χ0v) is 16.6. The van der Waals surface area contributed by atoms with Crippen molar-refractivity contribution in [1.82, 2.24) is 0 Å². The molecule has 0 aromatic carbocycles. The second-order valence-electron chi connectivity index (χ2n) is 5.02. The molecule has 0 amide bonds. The van der Waals surface area contributed by atoms with Gasteiger partial charge in [0, 0.05) is 11.1 Å². The molecule has 0 heterocycles. The highest BCUT2D eigenvalue weighted by Crippen LogP contribution is 1.94. The van der Waals surface area contributed by atoms with Gasteiger partial charge in [-0.05, 0) is 27.2 Å². The average Bonchev–Trinajstić information content (AvgIpc) is 2.61. The maximum Gasteiger partial charge on any atom is 0.335 e. The number of aliphatic hydroxyl groups is 1. The number of hydrogen-bond acceptors (Lipinski definition) is 7. The van der Waals surface area contributed by atoms with Crippen LogP contribution in [0.2, 0.25) is 0 Å². The van der Waals surface area contributed by atoms with Crippen molar-refractivity contribution in [3.63, 3.8) is 0 Å². The SMILES string of the molecule is C=C(C)C(=O)OC.C=C(C)C(=O)OCCCC.C=C(CO)C(=O)OCC. The van der Waals surface area contributed by atoms with Crippen LogP contribution in [-0.4, -0.2) is 49.9 Å². The van der Waals surface area contributed by atoms with Gasteiger partial charge < -0.3 is 19.3 Å². The van der Waals surface area contributed by atoms with Crippen LogP contribution in [0.4, 0.5) is 0 Å². The van der Waals surface area contributed by atoms with E-state index < -0.39 is 5.97 Å². The Hall–Kier alpha value is -2.41. The van der Waals surface area contributed by atoms with Gasteiger partial charge in [0.05, 0.1) is 32.5 Å². The molecule has 0 aliphatic rings. The van der Waals surface area contributed by atoms with Crippen LogP contribution in [-0.2, 0) is 28.6 Å². The molecule has 0 unspecified atom stereocenters. The lowest BCUT2D eigenvalue weighted by Crippen LogP contribution is -2.08. The molecular weight excluding hydrogens is 340 g/mol. The Morgan fingerprint density at radius 3 is 1.65 bits per heavy atom. The van der Waals surface area contributed by atoms with Gasteiger partial charge in [-0.25, -0.2) is 14.4 Å². The number of carbonyl (C=O) groups is 3. The van der Waals surface area contributed by atoms with Crippen molar-refractivity contribution >= 4 is 17.9 Å². The normalized spacial score (nSPS) is 8.54. The summed E-state index contributed by atoms with van der Waals surface area (Å²) < 4.78 is 13.6. The molecule has 0 fully saturated rings. The molecule has 0 atom stereocenters. The number of unbranched alkanes of at least 4 members (excludes halogenated alkanes) is 1. The third kappa shape index (κ3) is 19.6. The van der Waals surface area contributed by atoms with E-state index >= 15 is 0 Å². The van der Waals surface area contributed by atoms with E-state index in [1.54, 1.807) is 20.8 Å². The van der Waals surface area contributed by atoms with Gasteiger partial charge in [0.2, 0.25) is 0 Å². The highest BCUT2D eigenvalue weighted by Gasteiger charge is 2.03. The predicted octanol–water partition coefficient (Wildman–Crippen LogP) is 2.74. The Balaban J connectivity index is -0.000000310. The second-order valence-corrected chi connectivity index (χ2v) is 5.02. The minimum absolute atomic E-state index is 0.0943. The summed E-state index contributed by atoms with van der Waals surface area (Å²) in [5, 5.41) is 8.33. The van der Waals surface area contributed by atoms with Gasteiger partial charge in [-0.1, -0.05) is 33.1 Å². The Morgan fingerprint density at radius 2 is 1.38 bits per heavy atom. The lowest BCUT2D eigenvalue weighted by Gasteiger charge is -2.01. The molecular formula is C19H32O7. The molecule has 0 saturated carbocycles. The fourth-order valence-electron chi connectivity index (χ4n) is 0.904. The standard InChI is InChI=1S/C8H14O2.C6H10O3.C5H8O2/c1-4-5-6-10-8(9)7(2)3;1-3-9-6(8)5(2)4-7;1-4(2)5(6)7-3/h2,4-6H2,1,3H3;7H,2-4H2,1H3;1H2,2-3H3. The van der Waals surface area contributed by atoms with E-state index in [0.717, 1.165) is 12.8 Å². The van der Waals surface area contributed by atoms with E-state index in [9.17, 15) is 14.4 Å². The van der Waals surface area contributed by atoms with E-state index in [0.29, 0.717) is 24.4 Å². The molecule has 0 aliphatic carbocycles. The summed E-state index contributed by atoms with van der Waals surface area (Å²) in [4.78, 5) is 31.4. The van der Waals surface area contributed by atoms with Crippen LogP contribution < -0.4 is 0 Å². The minimum atomic E-state index is -0.528. The van der Waals surface area contributed by atoms with Gasteiger partial charge in [-0.3, -0.25) is 0 Å². The highest BCUT2D eigenvalue weighted by atomic mass is 16.5. The Bertz CT molecular complexity index is 478. The van der Waals surface area contributed by atoms with Crippen LogP contribution in [0.1, 0.15) is 40.5 Å². The van der Waals surface area contributed by atoms with Crippen LogP contribution in [0.15, 0.2) is 36.5 Å². The molecule has 0 aliphatic heterocycles. The van der Waals surface area contributed by atoms with Gasteiger partial charge >= 0.3 is 17.9 Å². The minimum Gasteiger partial charge on any atom is -0.466 e. The van der Waals surface area contributed by atoms with Crippen LogP contribution >= 0.6 is 0 Å². The van der Waals surface area contributed by atoms with Gasteiger partial charge in [0.1, 0.15) is 0 Å². The third-order valence-corrected chi connectivity index (χ3v) is 2.37. The Kier molecular flexibility index (Phi) is 20.7. The maximum atomic E-state index is 10.7. The quantitative estimate of drug-likeness (QED) is 0.303. The zero-order chi connectivity index (χ0) is 21.1. The number of ether oxygens (including phenoxy) is 3. The number of methoxy groups -OCH3 is 1. The molecule has 0 saturated heterocycles. The molecule has 0 spiro atoms. The predicted molar refractivity (Wildman–Crippen MR) is 100 cm³/mol. The van der Waals surface area contributed by atoms with Crippen molar-refractivity contribution in [3.05, 3.63) is 36.5 Å². The van der Waals surface area contributed by atoms with Crippen LogP contribution in [0, 0.1) is 0 Å². The third-order valence-electron chi connectivity index (χ3n) is 2.37. The monoisotopic (exact) mass is 372 g/mol. The fraction of sp³-hybridized carbons (Fsp3) is 0.526. The number of aliphatic hydroxyl groups excluding tert-OH is 1. The van der Waals surface area contributed by atoms with Gasteiger partial charge in [-0.2, -0.15) is 0 Å². The summed E-state index contributed by atoms with van der Waals surface area (Å²) >= 11 is 0. The van der Waals surface area contributed by atoms with Crippen molar-refractivity contribution in [2.75, 3.05) is 26.9 Å². The van der Waals surface area contributed by atoms with Crippen LogP contribution in [0.3, 0.4) is 0 Å². The Morgan fingerprint density at radius 1 is 0.885 bits per heavy atom. The molecule has 7 heteroatoms. The van der Waals surface area contributed by atoms with Crippen molar-refractivity contribution in [2.24, 2.45) is 0 Å². The first kappa shape index (κ1) is 28.4. The maximum absolute atomic E-state index is 10.7. The molecule has 150 valence electrons. The van der Waals surface area contributed by atoms with Gasteiger partial charge in [0.25, 0.3) is 0 Å². The summed E-state index contributed by atoms with van der Waals surface area (Å²) in [6, 6.07) is 0. The molecule has 0 radical (unpaired) electrons. The topological polar surface area (TPSA) is 99.1 Å². The largest absolute Gasteiger partial charge is 0.466 e. The van der Waals surface area contributed by atoms with Crippen LogP contribution in [0.25, 0.3) is 0 Å². The summed E-state index contributed by atoms with van der Waals surface area (Å²) in [6.07, 6.45) is 1.97. The van der Waals surface area contributed by atoms with E-state index in [1.807, 2.05) is 0 Å². The number of esters is 3. The first-order valence-corrected chi connectivity index (χ1v) is 8.10. The summed E-state index contributed by atoms with van der Waals surface area (Å²) in [6.45, 7) is 17.6. The van der Waals surface area contributed by atoms with E-state index in [-0.39, 0.29) is 24.1 Å². The first-order chi connectivity index (χ1) is 12.1. The number of rotatable bonds is 8. The number of carbonyl (C=O) groups excluding carboxylic acids is 3. The highest BCUT2D eigenvalue weighted by molar-refractivity contribution is 5.88. The summed E-state index contributed by atoms with van der Waals surface area (Å²) in [5.74, 6) is -1.16. The van der Waals surface area contributed by atoms with Gasteiger partial charge in [0.15, 0.2) is 0 Å². The fourth-order valence-corrected chi connectivity index (χ4v) is 0.904. The van der Waals surface area contributed by atoms with Crippen molar-refractivity contribution < 1.29 is 33.7 Å². The molecule has 0 rings (SSSR count). The molecule has 26 heavy (non-hydrogen) atoms. The zero-order valence-electron chi connectivity index (χ0n) is 16.6. The summed E-state index contributed by atoms with van der Waals surface area (Å²) in [7, 11) is 1.33. The smallest absolute Gasteiger partial charge is 0.335 e. The molecule has 0 aromatic rings. The lowest BCUT2D eigenvalue weighted by molar-refractivity contribution is -0.139. The van der Waals surface area contributed by atoms with Crippen molar-refractivity contribution in [2.45, 2.75) is 40.5 Å². The Labute approximate surface area is 156 Å². The molecule has 0 bridgehead atoms. The van der Waals surface area contributed by atoms with Crippen LogP contribution in [0.5, 0.6) is 0 Å². The molecule has 7 nitrogen and oxygen atoms in total. The summed E-state index contributed by atoms with van der Waals surface area (Å²) in [5.41, 5.74) is 0.996. The lowest BCUT2D eigenvalue weighted by atomic mass is 10.3. The number of hydrogen-bond donors (Lipinski definition) is 1. The first-order valence-electron chi connectivity index (χ1n) is 8.10. The van der Waals surface area contributed by atoms with Crippen molar-refractivity contribution in [1.29, 1.82) is 0 Å².